The van der Waals surface area contributed by atoms with Crippen molar-refractivity contribution >= 4 is 17.6 Å². The van der Waals surface area contributed by atoms with E-state index >= 15 is 0 Å². The van der Waals surface area contributed by atoms with Crippen LogP contribution in [0, 0.1) is 11.3 Å². The van der Waals surface area contributed by atoms with Gasteiger partial charge in [-0.2, -0.15) is 10.4 Å². The van der Waals surface area contributed by atoms with E-state index in [4.69, 9.17) is 10.00 Å². The lowest BCUT2D eigenvalue weighted by atomic mass is 10.2. The molecule has 8 nitrogen and oxygen atoms in total. The molecule has 128 valence electrons. The highest BCUT2D eigenvalue weighted by atomic mass is 16.5. The van der Waals surface area contributed by atoms with E-state index in [1.54, 1.807) is 53.5 Å². The maximum atomic E-state index is 12.0. The molecule has 0 aliphatic rings. The highest BCUT2D eigenvalue weighted by Crippen LogP contribution is 2.11. The van der Waals surface area contributed by atoms with Crippen LogP contribution in [-0.4, -0.2) is 33.2 Å². The quantitative estimate of drug-likeness (QED) is 0.706. The molecule has 1 heterocycles. The number of hydrogen-bond donors (Lipinski definition) is 1. The Balaban J connectivity index is 1.55. The van der Waals surface area contributed by atoms with Crippen LogP contribution >= 0.6 is 0 Å². The molecule has 1 aromatic heterocycles. The number of nitrogens with one attached hydrogen (secondary N) is 1. The molecule has 0 bridgehead atoms. The SMILES string of the molecule is N#Cc1cccc(NC(=O)COC(=O)c2ccc(-n3cncn3)cc2)c1. The first kappa shape index (κ1) is 16.9. The molecule has 3 aromatic rings. The van der Waals surface area contributed by atoms with Gasteiger partial charge in [0.05, 0.1) is 22.9 Å². The minimum atomic E-state index is -0.615. The molecule has 3 rings (SSSR count). The van der Waals surface area contributed by atoms with E-state index < -0.39 is 18.5 Å². The van der Waals surface area contributed by atoms with E-state index in [2.05, 4.69) is 15.4 Å². The lowest BCUT2D eigenvalue weighted by molar-refractivity contribution is -0.119. The maximum Gasteiger partial charge on any atom is 0.338 e. The second kappa shape index (κ2) is 7.72. The molecule has 0 saturated heterocycles. The van der Waals surface area contributed by atoms with Gasteiger partial charge in [-0.15, -0.1) is 0 Å². The minimum absolute atomic E-state index is 0.313. The van der Waals surface area contributed by atoms with Gasteiger partial charge >= 0.3 is 5.97 Å². The second-order valence-corrected chi connectivity index (χ2v) is 5.20. The summed E-state index contributed by atoms with van der Waals surface area (Å²) in [7, 11) is 0. The molecule has 26 heavy (non-hydrogen) atoms. The first-order valence-corrected chi connectivity index (χ1v) is 7.58. The first-order chi connectivity index (χ1) is 12.7. The zero-order valence-corrected chi connectivity index (χ0v) is 13.5. The Bertz CT molecular complexity index is 959. The van der Waals surface area contributed by atoms with Gasteiger partial charge in [0.25, 0.3) is 5.91 Å². The average molecular weight is 347 g/mol. The summed E-state index contributed by atoms with van der Waals surface area (Å²) in [6.07, 6.45) is 2.95. The zero-order chi connectivity index (χ0) is 18.4. The van der Waals surface area contributed by atoms with Crippen molar-refractivity contribution < 1.29 is 14.3 Å². The van der Waals surface area contributed by atoms with E-state index in [1.807, 2.05) is 6.07 Å². The van der Waals surface area contributed by atoms with Crippen molar-refractivity contribution in [2.24, 2.45) is 0 Å². The standard InChI is InChI=1S/C18H13N5O3/c19-9-13-2-1-3-15(8-13)22-17(24)10-26-18(25)14-4-6-16(7-5-14)23-12-20-11-21-23/h1-8,11-12H,10H2,(H,22,24). The molecule has 1 N–H and O–H groups in total. The maximum absolute atomic E-state index is 12.0. The lowest BCUT2D eigenvalue weighted by Crippen LogP contribution is -2.21. The van der Waals surface area contributed by atoms with Crippen molar-refractivity contribution in [3.63, 3.8) is 0 Å². The predicted octanol–water partition coefficient (Wildman–Crippen LogP) is 1.93. The van der Waals surface area contributed by atoms with Gasteiger partial charge in [0.1, 0.15) is 12.7 Å². The van der Waals surface area contributed by atoms with Crippen LogP contribution in [0.1, 0.15) is 15.9 Å². The number of ether oxygens (including phenoxy) is 1. The summed E-state index contributed by atoms with van der Waals surface area (Å²) in [6.45, 7) is -0.430. The third-order valence-corrected chi connectivity index (χ3v) is 3.40. The Hall–Kier alpha value is -3.99. The van der Waals surface area contributed by atoms with Crippen LogP contribution in [0.25, 0.3) is 5.69 Å². The summed E-state index contributed by atoms with van der Waals surface area (Å²) in [5.41, 5.74) is 1.94. The summed E-state index contributed by atoms with van der Waals surface area (Å²) in [6, 6.07) is 15.0. The van der Waals surface area contributed by atoms with Gasteiger partial charge in [0, 0.05) is 5.69 Å². The lowest BCUT2D eigenvalue weighted by Gasteiger charge is -2.07. The number of benzene rings is 2. The van der Waals surface area contributed by atoms with Crippen LogP contribution in [0.15, 0.2) is 61.2 Å². The number of esters is 1. The van der Waals surface area contributed by atoms with E-state index in [0.29, 0.717) is 16.8 Å². The van der Waals surface area contributed by atoms with Gasteiger partial charge < -0.3 is 10.1 Å². The van der Waals surface area contributed by atoms with E-state index in [0.717, 1.165) is 5.69 Å². The average Bonchev–Trinajstić information content (AvgIpc) is 3.21. The van der Waals surface area contributed by atoms with Crippen molar-refractivity contribution in [1.82, 2.24) is 14.8 Å². The topological polar surface area (TPSA) is 110 Å². The van der Waals surface area contributed by atoms with Gasteiger partial charge in [0.15, 0.2) is 6.61 Å². The van der Waals surface area contributed by atoms with Crippen molar-refractivity contribution in [2.45, 2.75) is 0 Å². The second-order valence-electron chi connectivity index (χ2n) is 5.20. The normalized spacial score (nSPS) is 9.96. The molecule has 0 aliphatic heterocycles. The third-order valence-electron chi connectivity index (χ3n) is 3.40. The number of hydrogen-bond acceptors (Lipinski definition) is 6. The summed E-state index contributed by atoms with van der Waals surface area (Å²) in [5, 5.41) is 15.4. The molecule has 0 saturated carbocycles. The van der Waals surface area contributed by atoms with Gasteiger partial charge in [-0.25, -0.2) is 14.5 Å². The Labute approximate surface area is 148 Å². The van der Waals surface area contributed by atoms with E-state index in [1.165, 1.54) is 12.4 Å². The van der Waals surface area contributed by atoms with Gasteiger partial charge in [0.2, 0.25) is 0 Å². The summed E-state index contributed by atoms with van der Waals surface area (Å²) in [4.78, 5) is 27.7. The van der Waals surface area contributed by atoms with Crippen LogP contribution < -0.4 is 5.32 Å². The largest absolute Gasteiger partial charge is 0.452 e. The van der Waals surface area contributed by atoms with Crippen molar-refractivity contribution in [1.29, 1.82) is 5.26 Å². The van der Waals surface area contributed by atoms with Gasteiger partial charge in [-0.05, 0) is 42.5 Å². The van der Waals surface area contributed by atoms with E-state index in [9.17, 15) is 9.59 Å². The third kappa shape index (κ3) is 4.10. The Morgan fingerprint density at radius 3 is 2.69 bits per heavy atom. The molecule has 0 spiro atoms. The Kier molecular flexibility index (Phi) is 5.00. The number of rotatable bonds is 5. The number of carbonyl (C=O) groups excluding carboxylic acids is 2. The smallest absolute Gasteiger partial charge is 0.338 e. The molecule has 0 unspecified atom stereocenters. The summed E-state index contributed by atoms with van der Waals surface area (Å²) < 4.78 is 6.55. The number of aromatic nitrogens is 3. The molecule has 8 heteroatoms. The van der Waals surface area contributed by atoms with Crippen LogP contribution in [0.3, 0.4) is 0 Å². The number of carbonyl (C=O) groups is 2. The fourth-order valence-electron chi connectivity index (χ4n) is 2.17. The van der Waals surface area contributed by atoms with Crippen molar-refractivity contribution in [3.05, 3.63) is 72.3 Å². The number of amides is 1. The molecular formula is C18H13N5O3. The number of nitriles is 1. The minimum Gasteiger partial charge on any atom is -0.452 e. The highest BCUT2D eigenvalue weighted by molar-refractivity contribution is 5.95. The molecule has 0 radical (unpaired) electrons. The summed E-state index contributed by atoms with van der Waals surface area (Å²) in [5.74, 6) is -1.11. The van der Waals surface area contributed by atoms with Crippen LogP contribution in [0.4, 0.5) is 5.69 Å². The van der Waals surface area contributed by atoms with E-state index in [-0.39, 0.29) is 0 Å². The van der Waals surface area contributed by atoms with Gasteiger partial charge in [-0.1, -0.05) is 6.07 Å². The zero-order valence-electron chi connectivity index (χ0n) is 13.5. The molecule has 0 atom stereocenters. The first-order valence-electron chi connectivity index (χ1n) is 7.58. The van der Waals surface area contributed by atoms with Crippen LogP contribution in [0.2, 0.25) is 0 Å². The number of anilines is 1. The van der Waals surface area contributed by atoms with Crippen molar-refractivity contribution in [2.75, 3.05) is 11.9 Å². The molecule has 0 fully saturated rings. The Morgan fingerprint density at radius 2 is 2.00 bits per heavy atom. The van der Waals surface area contributed by atoms with Gasteiger partial charge in [-0.3, -0.25) is 4.79 Å². The van der Waals surface area contributed by atoms with Crippen LogP contribution in [-0.2, 0) is 9.53 Å². The molecular weight excluding hydrogens is 334 g/mol. The predicted molar refractivity (Wildman–Crippen MR) is 91.4 cm³/mol. The fraction of sp³-hybridized carbons (Fsp3) is 0.0556. The van der Waals surface area contributed by atoms with Crippen molar-refractivity contribution in [3.8, 4) is 11.8 Å². The monoisotopic (exact) mass is 347 g/mol. The number of nitrogens with zero attached hydrogens (tertiary/aromatic N) is 4. The van der Waals surface area contributed by atoms with Crippen LogP contribution in [0.5, 0.6) is 0 Å². The molecule has 1 amide bonds. The molecule has 0 aliphatic carbocycles. The fourth-order valence-corrected chi connectivity index (χ4v) is 2.17. The Morgan fingerprint density at radius 1 is 1.19 bits per heavy atom. The summed E-state index contributed by atoms with van der Waals surface area (Å²) >= 11 is 0. The molecule has 2 aromatic carbocycles. The highest BCUT2D eigenvalue weighted by Gasteiger charge is 2.11.